The molecular formula is C12H16FNO2. The number of benzene rings is 1. The lowest BCUT2D eigenvalue weighted by Gasteiger charge is -2.27. The third-order valence-electron chi connectivity index (χ3n) is 2.51. The zero-order valence-corrected chi connectivity index (χ0v) is 9.62. The monoisotopic (exact) mass is 225 g/mol. The third-order valence-corrected chi connectivity index (χ3v) is 2.51. The van der Waals surface area contributed by atoms with Crippen LogP contribution in [0.1, 0.15) is 42.7 Å². The van der Waals surface area contributed by atoms with Crippen LogP contribution in [0.3, 0.4) is 0 Å². The lowest BCUT2D eigenvalue weighted by molar-refractivity contribution is 0.0696. The summed E-state index contributed by atoms with van der Waals surface area (Å²) >= 11 is 0. The van der Waals surface area contributed by atoms with Crippen molar-refractivity contribution in [3.63, 3.8) is 0 Å². The van der Waals surface area contributed by atoms with Gasteiger partial charge < -0.3 is 10.8 Å². The van der Waals surface area contributed by atoms with Crippen LogP contribution >= 0.6 is 0 Å². The van der Waals surface area contributed by atoms with E-state index in [4.69, 9.17) is 10.8 Å². The largest absolute Gasteiger partial charge is 0.478 e. The molecule has 0 aliphatic carbocycles. The van der Waals surface area contributed by atoms with Crippen molar-refractivity contribution in [1.82, 2.24) is 0 Å². The second-order valence-corrected chi connectivity index (χ2v) is 4.89. The summed E-state index contributed by atoms with van der Waals surface area (Å²) in [5.41, 5.74) is 5.88. The normalized spacial score (nSPS) is 13.6. The molecule has 4 heteroatoms. The number of carboxylic acid groups (broad SMARTS) is 1. The van der Waals surface area contributed by atoms with Crippen LogP contribution in [0.25, 0.3) is 0 Å². The number of carbonyl (C=O) groups is 1. The van der Waals surface area contributed by atoms with Gasteiger partial charge in [0, 0.05) is 11.6 Å². The summed E-state index contributed by atoms with van der Waals surface area (Å²) in [4.78, 5) is 10.8. The van der Waals surface area contributed by atoms with Gasteiger partial charge >= 0.3 is 5.97 Å². The Bertz CT molecular complexity index is 410. The number of nitrogens with two attached hydrogens (primary N) is 1. The zero-order valence-electron chi connectivity index (χ0n) is 9.62. The van der Waals surface area contributed by atoms with Crippen molar-refractivity contribution in [3.05, 3.63) is 35.1 Å². The van der Waals surface area contributed by atoms with Crippen molar-refractivity contribution in [2.24, 2.45) is 11.1 Å². The lowest BCUT2D eigenvalue weighted by atomic mass is 9.82. The van der Waals surface area contributed by atoms with Crippen LogP contribution in [0.5, 0.6) is 0 Å². The second kappa shape index (κ2) is 4.22. The molecular weight excluding hydrogens is 209 g/mol. The molecule has 0 fully saturated rings. The fourth-order valence-corrected chi connectivity index (χ4v) is 1.38. The van der Waals surface area contributed by atoms with E-state index in [0.717, 1.165) is 6.07 Å². The first-order valence-electron chi connectivity index (χ1n) is 5.02. The number of hydrogen-bond donors (Lipinski definition) is 2. The molecule has 3 nitrogen and oxygen atoms in total. The molecule has 0 aliphatic rings. The molecule has 0 heterocycles. The maximum absolute atomic E-state index is 13.5. The van der Waals surface area contributed by atoms with Crippen molar-refractivity contribution >= 4 is 5.97 Å². The van der Waals surface area contributed by atoms with Gasteiger partial charge in [0.25, 0.3) is 0 Å². The Balaban J connectivity index is 3.22. The fourth-order valence-electron chi connectivity index (χ4n) is 1.38. The van der Waals surface area contributed by atoms with Gasteiger partial charge in [-0.2, -0.15) is 0 Å². The number of aromatic carboxylic acids is 1. The van der Waals surface area contributed by atoms with E-state index in [-0.39, 0.29) is 16.5 Å². The van der Waals surface area contributed by atoms with E-state index >= 15 is 0 Å². The average Bonchev–Trinajstić information content (AvgIpc) is 2.15. The molecule has 0 saturated carbocycles. The van der Waals surface area contributed by atoms with Crippen LogP contribution < -0.4 is 5.73 Å². The van der Waals surface area contributed by atoms with E-state index in [0.29, 0.717) is 0 Å². The highest BCUT2D eigenvalue weighted by Gasteiger charge is 2.25. The molecule has 0 spiro atoms. The van der Waals surface area contributed by atoms with Crippen molar-refractivity contribution in [2.75, 3.05) is 0 Å². The summed E-state index contributed by atoms with van der Waals surface area (Å²) in [6.07, 6.45) is 0. The molecule has 0 aliphatic heterocycles. The Kier molecular flexibility index (Phi) is 3.33. The minimum atomic E-state index is -1.08. The molecule has 16 heavy (non-hydrogen) atoms. The highest BCUT2D eigenvalue weighted by molar-refractivity contribution is 5.87. The van der Waals surface area contributed by atoms with Gasteiger partial charge in [0.15, 0.2) is 0 Å². The summed E-state index contributed by atoms with van der Waals surface area (Å²) < 4.78 is 13.5. The van der Waals surface area contributed by atoms with Crippen LogP contribution in [0, 0.1) is 11.2 Å². The summed E-state index contributed by atoms with van der Waals surface area (Å²) in [6, 6.07) is 3.14. The fraction of sp³-hybridized carbons (Fsp3) is 0.417. The molecule has 0 amide bonds. The lowest BCUT2D eigenvalue weighted by Crippen LogP contribution is -2.27. The molecule has 88 valence electrons. The van der Waals surface area contributed by atoms with Crippen LogP contribution in [-0.2, 0) is 0 Å². The maximum atomic E-state index is 13.5. The molecule has 0 aromatic heterocycles. The first kappa shape index (κ1) is 12.6. The molecule has 0 unspecified atom stereocenters. The van der Waals surface area contributed by atoms with Crippen LogP contribution in [0.2, 0.25) is 0 Å². The number of carboxylic acids is 1. The van der Waals surface area contributed by atoms with E-state index in [2.05, 4.69) is 0 Å². The highest BCUT2D eigenvalue weighted by Crippen LogP contribution is 2.32. The van der Waals surface area contributed by atoms with Crippen LogP contribution in [-0.4, -0.2) is 11.1 Å². The van der Waals surface area contributed by atoms with Gasteiger partial charge in [-0.15, -0.1) is 0 Å². The van der Waals surface area contributed by atoms with Gasteiger partial charge in [0.1, 0.15) is 5.82 Å². The Morgan fingerprint density at radius 3 is 2.44 bits per heavy atom. The SMILES string of the molecule is CC(C)(C)[C@@H](N)c1cc(C(=O)O)ccc1F. The van der Waals surface area contributed by atoms with Gasteiger partial charge in [-0.1, -0.05) is 20.8 Å². The average molecular weight is 225 g/mol. The maximum Gasteiger partial charge on any atom is 0.335 e. The Morgan fingerprint density at radius 1 is 1.44 bits per heavy atom. The Hall–Kier alpha value is -1.42. The number of rotatable bonds is 2. The molecule has 0 saturated heterocycles. The van der Waals surface area contributed by atoms with Gasteiger partial charge in [-0.3, -0.25) is 0 Å². The third kappa shape index (κ3) is 2.58. The first-order chi connectivity index (χ1) is 7.23. The summed E-state index contributed by atoms with van der Waals surface area (Å²) in [6.45, 7) is 5.64. The van der Waals surface area contributed by atoms with Crippen molar-refractivity contribution in [1.29, 1.82) is 0 Å². The summed E-state index contributed by atoms with van der Waals surface area (Å²) in [5.74, 6) is -1.55. The van der Waals surface area contributed by atoms with E-state index in [1.54, 1.807) is 0 Å². The smallest absolute Gasteiger partial charge is 0.335 e. The first-order valence-corrected chi connectivity index (χ1v) is 5.02. The van der Waals surface area contributed by atoms with Gasteiger partial charge in [-0.25, -0.2) is 9.18 Å². The minimum absolute atomic E-state index is 0.0519. The second-order valence-electron chi connectivity index (χ2n) is 4.89. The number of halogens is 1. The molecule has 3 N–H and O–H groups in total. The van der Waals surface area contributed by atoms with E-state index in [1.165, 1.54) is 12.1 Å². The minimum Gasteiger partial charge on any atom is -0.478 e. The van der Waals surface area contributed by atoms with Crippen molar-refractivity contribution in [3.8, 4) is 0 Å². The van der Waals surface area contributed by atoms with Gasteiger partial charge in [0.2, 0.25) is 0 Å². The Morgan fingerprint density at radius 2 is 2.00 bits per heavy atom. The van der Waals surface area contributed by atoms with Crippen molar-refractivity contribution in [2.45, 2.75) is 26.8 Å². The molecule has 1 rings (SSSR count). The van der Waals surface area contributed by atoms with Crippen LogP contribution in [0.15, 0.2) is 18.2 Å². The summed E-state index contributed by atoms with van der Waals surface area (Å²) in [7, 11) is 0. The topological polar surface area (TPSA) is 63.3 Å². The standard InChI is InChI=1S/C12H16FNO2/c1-12(2,3)10(14)8-6-7(11(15)16)4-5-9(8)13/h4-6,10H,14H2,1-3H3,(H,15,16)/t10-/m0/s1. The van der Waals surface area contributed by atoms with E-state index in [9.17, 15) is 9.18 Å². The van der Waals surface area contributed by atoms with E-state index < -0.39 is 17.8 Å². The predicted octanol–water partition coefficient (Wildman–Crippen LogP) is 2.57. The molecule has 1 aromatic rings. The zero-order chi connectivity index (χ0) is 12.5. The quantitative estimate of drug-likeness (QED) is 0.813. The van der Waals surface area contributed by atoms with Gasteiger partial charge in [-0.05, 0) is 23.6 Å². The molecule has 1 aromatic carbocycles. The molecule has 1 atom stereocenters. The van der Waals surface area contributed by atoms with E-state index in [1.807, 2.05) is 20.8 Å². The van der Waals surface area contributed by atoms with Gasteiger partial charge in [0.05, 0.1) is 5.56 Å². The van der Waals surface area contributed by atoms with Crippen LogP contribution in [0.4, 0.5) is 4.39 Å². The highest BCUT2D eigenvalue weighted by atomic mass is 19.1. The number of hydrogen-bond acceptors (Lipinski definition) is 2. The Labute approximate surface area is 94.1 Å². The molecule has 0 radical (unpaired) electrons. The molecule has 0 bridgehead atoms. The van der Waals surface area contributed by atoms with Crippen molar-refractivity contribution < 1.29 is 14.3 Å². The summed E-state index contributed by atoms with van der Waals surface area (Å²) in [5, 5.41) is 8.82. The predicted molar refractivity (Wildman–Crippen MR) is 59.7 cm³/mol.